The molecule has 1 fully saturated rings. The number of alkyl halides is 6. The number of hydrogen-bond acceptors (Lipinski definition) is 10. The summed E-state index contributed by atoms with van der Waals surface area (Å²) in [6.07, 6.45) is -6.09. The van der Waals surface area contributed by atoms with E-state index in [2.05, 4.69) is 45.0 Å². The van der Waals surface area contributed by atoms with Crippen LogP contribution in [0, 0.1) is 0 Å². The molecular weight excluding hydrogens is 690 g/mol. The number of anilines is 3. The lowest BCUT2D eigenvalue weighted by Crippen LogP contribution is -2.51. The van der Waals surface area contributed by atoms with Gasteiger partial charge in [0, 0.05) is 52.4 Å². The average molecular weight is 723 g/mol. The van der Waals surface area contributed by atoms with Crippen LogP contribution in [-0.2, 0) is 28.6 Å². The molecule has 1 amide bonds. The first-order valence-corrected chi connectivity index (χ1v) is 18.7. The van der Waals surface area contributed by atoms with Gasteiger partial charge in [0.25, 0.3) is 5.56 Å². The van der Waals surface area contributed by atoms with Crippen LogP contribution in [0.3, 0.4) is 0 Å². The van der Waals surface area contributed by atoms with Crippen LogP contribution in [0.15, 0.2) is 35.6 Å². The van der Waals surface area contributed by atoms with E-state index in [1.807, 2.05) is 0 Å². The Morgan fingerprint density at radius 3 is 2.31 bits per heavy atom. The van der Waals surface area contributed by atoms with E-state index in [4.69, 9.17) is 21.1 Å². The van der Waals surface area contributed by atoms with Gasteiger partial charge in [0.2, 0.25) is 11.9 Å². The number of aromatic nitrogens is 5. The number of piperazine rings is 1. The maximum absolute atomic E-state index is 14.0. The van der Waals surface area contributed by atoms with Crippen LogP contribution < -0.4 is 25.4 Å². The third-order valence-corrected chi connectivity index (χ3v) is 9.05. The van der Waals surface area contributed by atoms with Gasteiger partial charge in [-0.15, -0.1) is 0 Å². The van der Waals surface area contributed by atoms with Crippen molar-refractivity contribution in [2.24, 2.45) is 0 Å². The second-order valence-corrected chi connectivity index (χ2v) is 18.1. The summed E-state index contributed by atoms with van der Waals surface area (Å²) in [6.45, 7) is 7.45. The molecule has 0 spiro atoms. The minimum atomic E-state index is -4.98. The van der Waals surface area contributed by atoms with Crippen molar-refractivity contribution >= 4 is 43.0 Å². The van der Waals surface area contributed by atoms with Crippen molar-refractivity contribution in [1.82, 2.24) is 24.7 Å². The SMILES string of the molecule is C[C@@H](COc1ccnc(N2CCN(c3ncc(C(F)(F)F)cn3)CC2=O)c1Cl)Nc1cnn(COCC[Si](C)(C)C)c(=O)c1C(F)(F)F. The van der Waals surface area contributed by atoms with E-state index < -0.39 is 61.5 Å². The molecular formula is C28H33ClF6N8O4Si. The minimum absolute atomic E-state index is 0.0411. The maximum atomic E-state index is 14.0. The first kappa shape index (κ1) is 36.9. The lowest BCUT2D eigenvalue weighted by atomic mass is 10.2. The summed E-state index contributed by atoms with van der Waals surface area (Å²) in [5, 5.41) is 6.42. The van der Waals surface area contributed by atoms with Gasteiger partial charge in [-0.1, -0.05) is 31.2 Å². The predicted octanol–water partition coefficient (Wildman–Crippen LogP) is 5.16. The Kier molecular flexibility index (Phi) is 11.2. The van der Waals surface area contributed by atoms with Crippen molar-refractivity contribution in [3.63, 3.8) is 0 Å². The zero-order valence-electron chi connectivity index (χ0n) is 26.3. The molecule has 0 unspecified atom stereocenters. The molecule has 0 bridgehead atoms. The van der Waals surface area contributed by atoms with Crippen LogP contribution in [0.4, 0.5) is 43.8 Å². The number of carbonyl (C=O) groups excluding carboxylic acids is 1. The second kappa shape index (κ2) is 14.6. The number of carbonyl (C=O) groups is 1. The van der Waals surface area contributed by atoms with Crippen LogP contribution in [0.5, 0.6) is 5.75 Å². The molecule has 3 aromatic heterocycles. The normalized spacial score (nSPS) is 15.1. The highest BCUT2D eigenvalue weighted by Crippen LogP contribution is 2.35. The van der Waals surface area contributed by atoms with Crippen molar-refractivity contribution in [2.45, 2.75) is 57.7 Å². The molecule has 4 rings (SSSR count). The fourth-order valence-electron chi connectivity index (χ4n) is 4.43. The van der Waals surface area contributed by atoms with Gasteiger partial charge in [0.1, 0.15) is 36.2 Å². The van der Waals surface area contributed by atoms with Crippen LogP contribution in [0.1, 0.15) is 18.1 Å². The van der Waals surface area contributed by atoms with E-state index in [0.717, 1.165) is 12.2 Å². The van der Waals surface area contributed by atoms with Gasteiger partial charge < -0.3 is 19.7 Å². The fraction of sp³-hybridized carbons (Fsp3) is 0.500. The first-order valence-electron chi connectivity index (χ1n) is 14.6. The summed E-state index contributed by atoms with van der Waals surface area (Å²) in [4.78, 5) is 40.0. The molecule has 0 aliphatic carbocycles. The quantitative estimate of drug-likeness (QED) is 0.152. The van der Waals surface area contributed by atoms with E-state index in [0.29, 0.717) is 23.7 Å². The number of pyridine rings is 1. The summed E-state index contributed by atoms with van der Waals surface area (Å²) in [5.41, 5.74) is -4.34. The molecule has 20 heteroatoms. The smallest absolute Gasteiger partial charge is 0.423 e. The molecule has 1 N–H and O–H groups in total. The van der Waals surface area contributed by atoms with Gasteiger partial charge >= 0.3 is 12.4 Å². The monoisotopic (exact) mass is 722 g/mol. The third kappa shape index (κ3) is 9.34. The summed E-state index contributed by atoms with van der Waals surface area (Å²) in [5.74, 6) is -0.418. The van der Waals surface area contributed by atoms with E-state index in [-0.39, 0.29) is 48.8 Å². The Hall–Kier alpha value is -3.97. The number of nitrogens with zero attached hydrogens (tertiary/aromatic N) is 7. The Bertz CT molecular complexity index is 1650. The molecule has 1 atom stereocenters. The van der Waals surface area contributed by atoms with Crippen LogP contribution in [0.25, 0.3) is 0 Å². The average Bonchev–Trinajstić information content (AvgIpc) is 2.98. The molecule has 1 aliphatic heterocycles. The van der Waals surface area contributed by atoms with Crippen molar-refractivity contribution < 1.29 is 40.6 Å². The minimum Gasteiger partial charge on any atom is -0.490 e. The van der Waals surface area contributed by atoms with Gasteiger partial charge in [0.15, 0.2) is 5.82 Å². The fourth-order valence-corrected chi connectivity index (χ4v) is 5.45. The number of ether oxygens (including phenoxy) is 2. The highest BCUT2D eigenvalue weighted by Gasteiger charge is 2.39. The summed E-state index contributed by atoms with van der Waals surface area (Å²) < 4.78 is 92.2. The van der Waals surface area contributed by atoms with Crippen LogP contribution in [0.2, 0.25) is 30.7 Å². The van der Waals surface area contributed by atoms with Gasteiger partial charge in [-0.25, -0.2) is 19.6 Å². The zero-order chi connectivity index (χ0) is 35.4. The van der Waals surface area contributed by atoms with E-state index >= 15 is 0 Å². The molecule has 262 valence electrons. The van der Waals surface area contributed by atoms with E-state index in [9.17, 15) is 35.9 Å². The summed E-state index contributed by atoms with van der Waals surface area (Å²) in [6, 6.07) is 1.39. The molecule has 48 heavy (non-hydrogen) atoms. The highest BCUT2D eigenvalue weighted by molar-refractivity contribution is 6.76. The molecule has 0 aromatic carbocycles. The molecule has 0 saturated carbocycles. The molecule has 1 saturated heterocycles. The molecule has 12 nitrogen and oxygen atoms in total. The van der Waals surface area contributed by atoms with Crippen LogP contribution >= 0.6 is 11.6 Å². The molecule has 0 radical (unpaired) electrons. The standard InChI is InChI=1S/C28H33ClF6N8O4Si/c1-17(40-19-13-39-43(16-46-9-10-48(2,3)4)25(45)22(19)28(33,34)35)15-47-20-5-6-36-24(23(20)29)42-8-7-41(14-21(42)44)26-37-11-18(12-38-26)27(30,31)32/h5-6,11-13,17,40H,7-10,14-16H2,1-4H3/t17-/m0/s1. The maximum Gasteiger partial charge on any atom is 0.423 e. The lowest BCUT2D eigenvalue weighted by molar-refractivity contribution is -0.139. The summed E-state index contributed by atoms with van der Waals surface area (Å²) in [7, 11) is -1.45. The number of rotatable bonds is 12. The van der Waals surface area contributed by atoms with Crippen LogP contribution in [-0.4, -0.2) is 77.6 Å². The number of nitrogens with one attached hydrogen (secondary N) is 1. The number of halogens is 7. The van der Waals surface area contributed by atoms with Gasteiger partial charge in [-0.05, 0) is 13.0 Å². The third-order valence-electron chi connectivity index (χ3n) is 6.99. The second-order valence-electron chi connectivity index (χ2n) is 12.1. The van der Waals surface area contributed by atoms with Crippen molar-refractivity contribution in [2.75, 3.05) is 48.0 Å². The Morgan fingerprint density at radius 1 is 1.02 bits per heavy atom. The van der Waals surface area contributed by atoms with Crippen molar-refractivity contribution in [1.29, 1.82) is 0 Å². The Labute approximate surface area is 277 Å². The Morgan fingerprint density at radius 2 is 1.71 bits per heavy atom. The van der Waals surface area contributed by atoms with E-state index in [1.165, 1.54) is 29.0 Å². The number of amides is 1. The molecule has 4 heterocycles. The molecule has 3 aromatic rings. The highest BCUT2D eigenvalue weighted by atomic mass is 35.5. The lowest BCUT2D eigenvalue weighted by Gasteiger charge is -2.34. The van der Waals surface area contributed by atoms with Crippen molar-refractivity contribution in [3.05, 3.63) is 57.4 Å². The van der Waals surface area contributed by atoms with E-state index in [1.54, 1.807) is 0 Å². The first-order chi connectivity index (χ1) is 22.3. The van der Waals surface area contributed by atoms with Gasteiger partial charge in [0.05, 0.1) is 23.5 Å². The predicted molar refractivity (Wildman–Crippen MR) is 167 cm³/mol. The van der Waals surface area contributed by atoms with Gasteiger partial charge in [-0.2, -0.15) is 31.4 Å². The largest absolute Gasteiger partial charge is 0.490 e. The number of hydrogen-bond donors (Lipinski definition) is 1. The molecule has 1 aliphatic rings. The Balaban J connectivity index is 1.39. The van der Waals surface area contributed by atoms with Gasteiger partial charge in [-0.3, -0.25) is 14.5 Å². The topological polar surface area (TPSA) is 128 Å². The summed E-state index contributed by atoms with van der Waals surface area (Å²) >= 11 is 6.51. The van der Waals surface area contributed by atoms with Crippen molar-refractivity contribution in [3.8, 4) is 5.75 Å². The zero-order valence-corrected chi connectivity index (χ0v) is 28.1.